The summed E-state index contributed by atoms with van der Waals surface area (Å²) >= 11 is 0. The first kappa shape index (κ1) is 12.8. The first-order valence-corrected chi connectivity index (χ1v) is 6.54. The van der Waals surface area contributed by atoms with Gasteiger partial charge in [0.2, 0.25) is 11.8 Å². The monoisotopic (exact) mass is 272 g/mol. The molecule has 3 rings (SSSR count). The summed E-state index contributed by atoms with van der Waals surface area (Å²) in [6, 6.07) is 5.39. The molecule has 1 atom stereocenters. The molecule has 2 amide bonds. The first-order valence-electron chi connectivity index (χ1n) is 6.54. The van der Waals surface area contributed by atoms with E-state index in [0.29, 0.717) is 6.54 Å². The van der Waals surface area contributed by atoms with Crippen LogP contribution < -0.4 is 5.32 Å². The maximum atomic E-state index is 11.8. The molecule has 0 radical (unpaired) electrons. The first-order chi connectivity index (χ1) is 9.58. The van der Waals surface area contributed by atoms with Crippen molar-refractivity contribution < 1.29 is 9.59 Å². The van der Waals surface area contributed by atoms with Gasteiger partial charge in [0.05, 0.1) is 23.9 Å². The minimum Gasteiger partial charge on any atom is -0.302 e. The van der Waals surface area contributed by atoms with Crippen LogP contribution in [0.2, 0.25) is 0 Å². The Morgan fingerprint density at radius 2 is 2.20 bits per heavy atom. The summed E-state index contributed by atoms with van der Waals surface area (Å²) in [5.41, 5.74) is 2.82. The minimum absolute atomic E-state index is 0.137. The molecule has 20 heavy (non-hydrogen) atoms. The number of hydrogen-bond acceptors (Lipinski definition) is 4. The van der Waals surface area contributed by atoms with Crippen molar-refractivity contribution in [3.8, 4) is 0 Å². The number of carbonyl (C=O) groups is 2. The number of nitrogens with one attached hydrogen (secondary N) is 1. The van der Waals surface area contributed by atoms with E-state index in [-0.39, 0.29) is 18.2 Å². The second-order valence-corrected chi connectivity index (χ2v) is 5.00. The minimum atomic E-state index is -0.429. The Bertz CT molecular complexity index is 692. The molecule has 0 aliphatic carbocycles. The fourth-order valence-electron chi connectivity index (χ4n) is 2.51. The van der Waals surface area contributed by atoms with E-state index in [1.54, 1.807) is 0 Å². The van der Waals surface area contributed by atoms with Gasteiger partial charge in [-0.3, -0.25) is 19.8 Å². The second-order valence-electron chi connectivity index (χ2n) is 5.00. The second kappa shape index (κ2) is 4.72. The van der Waals surface area contributed by atoms with E-state index in [1.807, 2.05) is 35.7 Å². The number of rotatable bonds is 3. The van der Waals surface area contributed by atoms with Gasteiger partial charge in [0.1, 0.15) is 5.65 Å². The predicted molar refractivity (Wildman–Crippen MR) is 73.0 cm³/mol. The molecule has 1 aliphatic rings. The summed E-state index contributed by atoms with van der Waals surface area (Å²) in [5.74, 6) is -0.302. The Morgan fingerprint density at radius 1 is 1.40 bits per heavy atom. The topological polar surface area (TPSA) is 66.7 Å². The van der Waals surface area contributed by atoms with Crippen LogP contribution in [0.3, 0.4) is 0 Å². The Hall–Kier alpha value is -2.21. The predicted octanol–water partition coefficient (Wildman–Crippen LogP) is 0.490. The summed E-state index contributed by atoms with van der Waals surface area (Å²) in [5, 5.41) is 3.15. The van der Waals surface area contributed by atoms with Crippen LogP contribution in [0.25, 0.3) is 5.65 Å². The third kappa shape index (κ3) is 1.98. The fraction of sp³-hybridized carbons (Fsp3) is 0.357. The molecule has 104 valence electrons. The van der Waals surface area contributed by atoms with E-state index >= 15 is 0 Å². The molecule has 0 saturated carbocycles. The van der Waals surface area contributed by atoms with Crippen molar-refractivity contribution in [3.63, 3.8) is 0 Å². The van der Waals surface area contributed by atoms with Gasteiger partial charge in [-0.05, 0) is 19.1 Å². The van der Waals surface area contributed by atoms with Gasteiger partial charge in [-0.2, -0.15) is 0 Å². The van der Waals surface area contributed by atoms with Crippen molar-refractivity contribution in [3.05, 3.63) is 35.8 Å². The number of fused-ring (bicyclic) bond motifs is 1. The van der Waals surface area contributed by atoms with Gasteiger partial charge >= 0.3 is 0 Å². The van der Waals surface area contributed by atoms with E-state index in [9.17, 15) is 9.59 Å². The molecule has 0 bridgehead atoms. The van der Waals surface area contributed by atoms with Crippen LogP contribution in [-0.2, 0) is 16.1 Å². The van der Waals surface area contributed by atoms with Crippen LogP contribution in [0.5, 0.6) is 0 Å². The maximum absolute atomic E-state index is 11.8. The lowest BCUT2D eigenvalue weighted by Crippen LogP contribution is -2.37. The number of aryl methyl sites for hydroxylation is 1. The van der Waals surface area contributed by atoms with E-state index < -0.39 is 6.04 Å². The molecular formula is C14H16N4O2. The zero-order chi connectivity index (χ0) is 14.3. The summed E-state index contributed by atoms with van der Waals surface area (Å²) < 4.78 is 1.99. The number of likely N-dealkylation sites (N-methyl/N-ethyl adjacent to an activating group) is 1. The van der Waals surface area contributed by atoms with E-state index in [4.69, 9.17) is 0 Å². The van der Waals surface area contributed by atoms with Crippen molar-refractivity contribution >= 4 is 17.5 Å². The number of nitrogens with zero attached hydrogens (tertiary/aromatic N) is 3. The van der Waals surface area contributed by atoms with Gasteiger partial charge < -0.3 is 4.40 Å². The molecule has 2 aromatic heterocycles. The highest BCUT2D eigenvalue weighted by Crippen LogP contribution is 2.14. The van der Waals surface area contributed by atoms with Crippen molar-refractivity contribution in [2.24, 2.45) is 0 Å². The summed E-state index contributed by atoms with van der Waals surface area (Å²) in [6.45, 7) is 2.45. The highest BCUT2D eigenvalue weighted by atomic mass is 16.2. The average molecular weight is 272 g/mol. The third-order valence-electron chi connectivity index (χ3n) is 3.73. The van der Waals surface area contributed by atoms with Crippen molar-refractivity contribution in [1.82, 2.24) is 19.6 Å². The van der Waals surface area contributed by atoms with Gasteiger partial charge in [0, 0.05) is 19.8 Å². The highest BCUT2D eigenvalue weighted by Gasteiger charge is 2.35. The number of aromatic nitrogens is 2. The lowest BCUT2D eigenvalue weighted by molar-refractivity contribution is -0.137. The molecule has 2 aromatic rings. The molecule has 6 nitrogen and oxygen atoms in total. The van der Waals surface area contributed by atoms with E-state index in [1.165, 1.54) is 11.9 Å². The van der Waals surface area contributed by atoms with Crippen LogP contribution in [-0.4, -0.2) is 39.2 Å². The Labute approximate surface area is 116 Å². The Morgan fingerprint density at radius 3 is 2.90 bits per heavy atom. The SMILES string of the molecule is Cc1nc2ccccn2c1CNC1CC(=O)N(C)C1=O. The number of amides is 2. The van der Waals surface area contributed by atoms with Crippen LogP contribution in [0.4, 0.5) is 0 Å². The molecule has 1 saturated heterocycles. The average Bonchev–Trinajstić information content (AvgIpc) is 2.88. The summed E-state index contributed by atoms with van der Waals surface area (Å²) in [4.78, 5) is 29.0. The Kier molecular flexibility index (Phi) is 3.02. The van der Waals surface area contributed by atoms with Gasteiger partial charge in [-0.15, -0.1) is 0 Å². The highest BCUT2D eigenvalue weighted by molar-refractivity contribution is 6.05. The van der Waals surface area contributed by atoms with Gasteiger partial charge in [0.25, 0.3) is 0 Å². The smallest absolute Gasteiger partial charge is 0.246 e. The number of carbonyl (C=O) groups excluding carboxylic acids is 2. The zero-order valence-electron chi connectivity index (χ0n) is 11.5. The van der Waals surface area contributed by atoms with E-state index in [2.05, 4.69) is 10.3 Å². The molecule has 0 aromatic carbocycles. The van der Waals surface area contributed by atoms with Crippen LogP contribution in [0.15, 0.2) is 24.4 Å². The molecule has 1 unspecified atom stereocenters. The van der Waals surface area contributed by atoms with E-state index in [0.717, 1.165) is 17.0 Å². The molecule has 1 fully saturated rings. The molecule has 1 aliphatic heterocycles. The lowest BCUT2D eigenvalue weighted by atomic mass is 10.2. The van der Waals surface area contributed by atoms with Crippen LogP contribution in [0, 0.1) is 6.92 Å². The number of imidazole rings is 1. The van der Waals surface area contributed by atoms with Crippen molar-refractivity contribution in [2.45, 2.75) is 25.9 Å². The van der Waals surface area contributed by atoms with Crippen LogP contribution >= 0.6 is 0 Å². The molecule has 0 spiro atoms. The number of likely N-dealkylation sites (tertiary alicyclic amines) is 1. The Balaban J connectivity index is 1.79. The van der Waals surface area contributed by atoms with Crippen molar-refractivity contribution in [1.29, 1.82) is 0 Å². The van der Waals surface area contributed by atoms with Gasteiger partial charge in [-0.1, -0.05) is 6.07 Å². The fourth-order valence-corrected chi connectivity index (χ4v) is 2.51. The molecule has 3 heterocycles. The van der Waals surface area contributed by atoms with Crippen molar-refractivity contribution in [2.75, 3.05) is 7.05 Å². The molecular weight excluding hydrogens is 256 g/mol. The number of hydrogen-bond donors (Lipinski definition) is 1. The van der Waals surface area contributed by atoms with Gasteiger partial charge in [0.15, 0.2) is 0 Å². The third-order valence-corrected chi connectivity index (χ3v) is 3.73. The standard InChI is InChI=1S/C14H16N4O2/c1-9-11(18-6-4-3-5-12(18)16-9)8-15-10-7-13(19)17(2)14(10)20/h3-6,10,15H,7-8H2,1-2H3. The lowest BCUT2D eigenvalue weighted by Gasteiger charge is -2.11. The molecule has 6 heteroatoms. The maximum Gasteiger partial charge on any atom is 0.246 e. The number of imide groups is 1. The summed E-state index contributed by atoms with van der Waals surface area (Å²) in [7, 11) is 1.52. The quantitative estimate of drug-likeness (QED) is 0.826. The molecule has 1 N–H and O–H groups in total. The number of pyridine rings is 1. The van der Waals surface area contributed by atoms with Gasteiger partial charge in [-0.25, -0.2) is 4.98 Å². The largest absolute Gasteiger partial charge is 0.302 e. The van der Waals surface area contributed by atoms with Crippen LogP contribution in [0.1, 0.15) is 17.8 Å². The normalized spacial score (nSPS) is 19.3. The zero-order valence-corrected chi connectivity index (χ0v) is 11.5. The summed E-state index contributed by atoms with van der Waals surface area (Å²) in [6.07, 6.45) is 2.17.